The number of piperidine rings is 1. The van der Waals surface area contributed by atoms with Crippen LogP contribution in [0.4, 0.5) is 35.5 Å². The van der Waals surface area contributed by atoms with Crippen molar-refractivity contribution in [1.29, 1.82) is 0 Å². The molecule has 1 N–H and O–H groups in total. The first-order chi connectivity index (χ1) is 19.3. The summed E-state index contributed by atoms with van der Waals surface area (Å²) in [5.41, 5.74) is -0.950. The highest BCUT2D eigenvalue weighted by Gasteiger charge is 2.37. The number of aryl methyl sites for hydroxylation is 1. The number of pyridine rings is 1. The summed E-state index contributed by atoms with van der Waals surface area (Å²) >= 11 is 0. The number of rotatable bonds is 7. The van der Waals surface area contributed by atoms with Crippen molar-refractivity contribution in [3.05, 3.63) is 100 Å². The highest BCUT2D eigenvalue weighted by atomic mass is 19.4. The molecule has 1 saturated heterocycles. The molecule has 0 spiro atoms. The Bertz CT molecular complexity index is 1310. The van der Waals surface area contributed by atoms with E-state index in [0.717, 1.165) is 5.69 Å². The average molecular weight is 584 g/mol. The van der Waals surface area contributed by atoms with Gasteiger partial charge in [0.2, 0.25) is 0 Å². The van der Waals surface area contributed by atoms with Gasteiger partial charge in [-0.25, -0.2) is 9.18 Å². The van der Waals surface area contributed by atoms with Crippen molar-refractivity contribution in [2.75, 3.05) is 13.1 Å². The molecule has 5 nitrogen and oxygen atoms in total. The summed E-state index contributed by atoms with van der Waals surface area (Å²) in [5.74, 6) is -0.430. The van der Waals surface area contributed by atoms with Gasteiger partial charge in [-0.2, -0.15) is 26.3 Å². The van der Waals surface area contributed by atoms with Gasteiger partial charge in [0.25, 0.3) is 0 Å². The van der Waals surface area contributed by atoms with Crippen molar-refractivity contribution in [2.24, 2.45) is 0 Å². The highest BCUT2D eigenvalue weighted by Crippen LogP contribution is 2.37. The molecule has 0 bridgehead atoms. The van der Waals surface area contributed by atoms with E-state index in [1.807, 2.05) is 12.1 Å². The maximum atomic E-state index is 13.8. The van der Waals surface area contributed by atoms with E-state index in [-0.39, 0.29) is 43.9 Å². The molecular formula is C29H28F7N3O2. The van der Waals surface area contributed by atoms with Crippen molar-refractivity contribution >= 4 is 6.03 Å². The van der Waals surface area contributed by atoms with Crippen molar-refractivity contribution in [1.82, 2.24) is 15.2 Å². The molecule has 2 aromatic carbocycles. The van der Waals surface area contributed by atoms with Gasteiger partial charge < -0.3 is 15.0 Å². The zero-order valence-corrected chi connectivity index (χ0v) is 22.0. The van der Waals surface area contributed by atoms with Crippen molar-refractivity contribution < 1.29 is 40.3 Å². The lowest BCUT2D eigenvalue weighted by atomic mass is 9.90. The van der Waals surface area contributed by atoms with Crippen LogP contribution in [0, 0.1) is 12.7 Å². The minimum Gasteiger partial charge on any atom is -0.372 e. The molecule has 0 saturated carbocycles. The maximum absolute atomic E-state index is 13.8. The number of carbonyl (C=O) groups is 1. The molecule has 1 fully saturated rings. The van der Waals surface area contributed by atoms with E-state index in [0.29, 0.717) is 36.1 Å². The third-order valence-corrected chi connectivity index (χ3v) is 6.94. The van der Waals surface area contributed by atoms with Crippen LogP contribution in [0.1, 0.15) is 52.4 Å². The number of amides is 2. The summed E-state index contributed by atoms with van der Waals surface area (Å²) in [6, 6.07) is 10.0. The Morgan fingerprint density at radius 2 is 1.73 bits per heavy atom. The lowest BCUT2D eigenvalue weighted by Gasteiger charge is -2.40. The van der Waals surface area contributed by atoms with Crippen LogP contribution in [-0.4, -0.2) is 35.1 Å². The molecule has 220 valence electrons. The smallest absolute Gasteiger partial charge is 0.372 e. The molecule has 4 rings (SSSR count). The largest absolute Gasteiger partial charge is 0.416 e. The second-order valence-corrected chi connectivity index (χ2v) is 9.88. The van der Waals surface area contributed by atoms with Gasteiger partial charge in [0, 0.05) is 19.3 Å². The minimum absolute atomic E-state index is 0.0672. The molecule has 1 aliphatic heterocycles. The SMILES string of the molecule is Cc1cc(F)ccc1C1CC(OCc2ccccn2)CCN1C(=O)NCCc1cc(C(F)(F)F)cc(C(F)(F)F)c1. The van der Waals surface area contributed by atoms with Crippen LogP contribution in [0.5, 0.6) is 0 Å². The van der Waals surface area contributed by atoms with E-state index in [9.17, 15) is 35.5 Å². The Balaban J connectivity index is 1.46. The van der Waals surface area contributed by atoms with Crippen molar-refractivity contribution in [3.63, 3.8) is 0 Å². The van der Waals surface area contributed by atoms with Gasteiger partial charge in [-0.05, 0) is 85.3 Å². The first-order valence-corrected chi connectivity index (χ1v) is 12.9. The molecule has 0 aliphatic carbocycles. The number of alkyl halides is 6. The number of benzene rings is 2. The maximum Gasteiger partial charge on any atom is 0.416 e. The van der Waals surface area contributed by atoms with Crippen molar-refractivity contribution in [3.8, 4) is 0 Å². The van der Waals surface area contributed by atoms with E-state index in [1.54, 1.807) is 25.3 Å². The number of halogens is 7. The van der Waals surface area contributed by atoms with Crippen LogP contribution in [0.3, 0.4) is 0 Å². The van der Waals surface area contributed by atoms with E-state index in [1.165, 1.54) is 17.0 Å². The monoisotopic (exact) mass is 583 g/mol. The molecule has 0 radical (unpaired) electrons. The first-order valence-electron chi connectivity index (χ1n) is 12.9. The van der Waals surface area contributed by atoms with Crippen LogP contribution in [-0.2, 0) is 30.1 Å². The lowest BCUT2D eigenvalue weighted by molar-refractivity contribution is -0.143. The Hall–Kier alpha value is -3.67. The van der Waals surface area contributed by atoms with Gasteiger partial charge in [-0.1, -0.05) is 12.1 Å². The van der Waals surface area contributed by atoms with Crippen molar-refractivity contribution in [2.45, 2.75) is 57.3 Å². The van der Waals surface area contributed by atoms with Gasteiger partial charge in [0.05, 0.1) is 35.6 Å². The van der Waals surface area contributed by atoms with Gasteiger partial charge in [0.15, 0.2) is 0 Å². The van der Waals surface area contributed by atoms with E-state index < -0.39 is 41.4 Å². The number of nitrogens with one attached hydrogen (secondary N) is 1. The van der Waals surface area contributed by atoms with Gasteiger partial charge >= 0.3 is 18.4 Å². The molecule has 2 atom stereocenters. The van der Waals surface area contributed by atoms with Crippen LogP contribution >= 0.6 is 0 Å². The quantitative estimate of drug-likeness (QED) is 0.299. The number of likely N-dealkylation sites (tertiary alicyclic amines) is 1. The molecule has 2 heterocycles. The van der Waals surface area contributed by atoms with Crippen LogP contribution in [0.25, 0.3) is 0 Å². The van der Waals surface area contributed by atoms with Gasteiger partial charge in [-0.3, -0.25) is 4.98 Å². The normalized spacial score (nSPS) is 17.9. The topological polar surface area (TPSA) is 54.5 Å². The standard InChI is InChI=1S/C29H28F7N3O2/c1-18-12-22(30)5-6-25(18)26-16-24(41-17-23-4-2-3-9-37-23)8-11-39(26)27(40)38-10-7-19-13-20(28(31,32)33)15-21(14-19)29(34,35)36/h2-6,9,12-15,24,26H,7-8,10-11,16-17H2,1H3,(H,38,40). The molecular weight excluding hydrogens is 555 g/mol. The van der Waals surface area contributed by atoms with Crippen LogP contribution < -0.4 is 5.32 Å². The Kier molecular flexibility index (Phi) is 9.21. The number of aromatic nitrogens is 1. The van der Waals surface area contributed by atoms with Gasteiger partial charge in [0.1, 0.15) is 5.82 Å². The highest BCUT2D eigenvalue weighted by molar-refractivity contribution is 5.75. The molecule has 2 unspecified atom stereocenters. The number of nitrogens with zero attached hydrogens (tertiary/aromatic N) is 2. The Morgan fingerprint density at radius 3 is 2.34 bits per heavy atom. The predicted molar refractivity (Wildman–Crippen MR) is 136 cm³/mol. The second-order valence-electron chi connectivity index (χ2n) is 9.88. The van der Waals surface area contributed by atoms with E-state index in [4.69, 9.17) is 4.74 Å². The summed E-state index contributed by atoms with van der Waals surface area (Å²) < 4.78 is 99.0. The number of hydrogen-bond acceptors (Lipinski definition) is 3. The number of urea groups is 1. The second kappa shape index (κ2) is 12.5. The van der Waals surface area contributed by atoms with E-state index in [2.05, 4.69) is 10.3 Å². The summed E-state index contributed by atoms with van der Waals surface area (Å²) in [4.78, 5) is 19.0. The number of ether oxygens (including phenoxy) is 1. The molecule has 1 aliphatic rings. The fourth-order valence-electron chi connectivity index (χ4n) is 4.90. The molecule has 2 amide bonds. The fourth-order valence-corrected chi connectivity index (χ4v) is 4.90. The molecule has 1 aromatic heterocycles. The predicted octanol–water partition coefficient (Wildman–Crippen LogP) is 7.24. The molecule has 12 heteroatoms. The summed E-state index contributed by atoms with van der Waals surface area (Å²) in [7, 11) is 0. The molecule has 41 heavy (non-hydrogen) atoms. The van der Waals surface area contributed by atoms with Gasteiger partial charge in [-0.15, -0.1) is 0 Å². The first kappa shape index (κ1) is 30.3. The molecule has 3 aromatic rings. The number of carbonyl (C=O) groups excluding carboxylic acids is 1. The zero-order chi connectivity index (χ0) is 29.8. The summed E-state index contributed by atoms with van der Waals surface area (Å²) in [6.07, 6.45) is -7.86. The summed E-state index contributed by atoms with van der Waals surface area (Å²) in [6.45, 7) is 2.06. The minimum atomic E-state index is -4.96. The van der Waals surface area contributed by atoms with Crippen LogP contribution in [0.2, 0.25) is 0 Å². The zero-order valence-electron chi connectivity index (χ0n) is 22.0. The van der Waals surface area contributed by atoms with E-state index >= 15 is 0 Å². The third-order valence-electron chi connectivity index (χ3n) is 6.94. The van der Waals surface area contributed by atoms with Crippen LogP contribution in [0.15, 0.2) is 60.8 Å². The average Bonchev–Trinajstić information content (AvgIpc) is 2.91. The number of hydrogen-bond donors (Lipinski definition) is 1. The Morgan fingerprint density at radius 1 is 1.02 bits per heavy atom. The third kappa shape index (κ3) is 7.96. The Labute approximate surface area is 232 Å². The fraction of sp³-hybridized carbons (Fsp3) is 0.379. The lowest BCUT2D eigenvalue weighted by Crippen LogP contribution is -2.48. The summed E-state index contributed by atoms with van der Waals surface area (Å²) in [5, 5.41) is 2.62.